The van der Waals surface area contributed by atoms with E-state index in [4.69, 9.17) is 5.73 Å². The Morgan fingerprint density at radius 2 is 2.38 bits per heavy atom. The van der Waals surface area contributed by atoms with Crippen molar-refractivity contribution in [2.45, 2.75) is 13.3 Å². The van der Waals surface area contributed by atoms with Crippen molar-refractivity contribution in [2.75, 3.05) is 0 Å². The minimum atomic E-state index is 0.465. The van der Waals surface area contributed by atoms with E-state index in [1.54, 1.807) is 0 Å². The second-order valence-corrected chi connectivity index (χ2v) is 2.08. The van der Waals surface area contributed by atoms with Crippen LogP contribution in [0.25, 0.3) is 0 Å². The molecule has 0 amide bonds. The third kappa shape index (κ3) is 3.47. The van der Waals surface area contributed by atoms with Crippen LogP contribution in [0.1, 0.15) is 13.3 Å². The van der Waals surface area contributed by atoms with E-state index in [2.05, 4.69) is 20.1 Å². The standard InChI is InChI=1S/C7H13N/c1-4-6(2)5-7(3)8/h4,6H,1,3,5,8H2,2H3. The highest BCUT2D eigenvalue weighted by molar-refractivity contribution is 4.92. The predicted octanol–water partition coefficient (Wildman–Crippen LogP) is 1.67. The zero-order valence-electron chi connectivity index (χ0n) is 5.35. The lowest BCUT2D eigenvalue weighted by Gasteiger charge is -2.02. The van der Waals surface area contributed by atoms with Crippen molar-refractivity contribution in [1.29, 1.82) is 0 Å². The van der Waals surface area contributed by atoms with Gasteiger partial charge in [-0.15, -0.1) is 6.58 Å². The molecule has 2 N–H and O–H groups in total. The molecule has 0 aromatic carbocycles. The molecule has 0 saturated carbocycles. The van der Waals surface area contributed by atoms with Crippen LogP contribution in [-0.2, 0) is 0 Å². The summed E-state index contributed by atoms with van der Waals surface area (Å²) in [5, 5.41) is 0. The van der Waals surface area contributed by atoms with Gasteiger partial charge in [0.2, 0.25) is 0 Å². The quantitative estimate of drug-likeness (QED) is 0.551. The molecular weight excluding hydrogens is 98.1 g/mol. The van der Waals surface area contributed by atoms with Crippen LogP contribution in [0.3, 0.4) is 0 Å². The summed E-state index contributed by atoms with van der Waals surface area (Å²) in [5.74, 6) is 0.465. The van der Waals surface area contributed by atoms with E-state index < -0.39 is 0 Å². The summed E-state index contributed by atoms with van der Waals surface area (Å²) in [4.78, 5) is 0. The van der Waals surface area contributed by atoms with E-state index in [9.17, 15) is 0 Å². The first-order valence-corrected chi connectivity index (χ1v) is 2.72. The highest BCUT2D eigenvalue weighted by Crippen LogP contribution is 2.04. The smallest absolute Gasteiger partial charge is 0.00132 e. The average Bonchev–Trinajstić information content (AvgIpc) is 1.65. The Morgan fingerprint density at radius 1 is 1.88 bits per heavy atom. The number of hydrogen-bond acceptors (Lipinski definition) is 1. The molecule has 0 heterocycles. The van der Waals surface area contributed by atoms with Gasteiger partial charge in [0.15, 0.2) is 0 Å². The van der Waals surface area contributed by atoms with Gasteiger partial charge in [0, 0.05) is 5.70 Å². The Balaban J connectivity index is 3.38. The van der Waals surface area contributed by atoms with Crippen LogP contribution in [0.5, 0.6) is 0 Å². The molecule has 0 rings (SSSR count). The van der Waals surface area contributed by atoms with Gasteiger partial charge in [-0.2, -0.15) is 0 Å². The van der Waals surface area contributed by atoms with Crippen molar-refractivity contribution >= 4 is 0 Å². The van der Waals surface area contributed by atoms with Gasteiger partial charge in [0.1, 0.15) is 0 Å². The van der Waals surface area contributed by atoms with Crippen molar-refractivity contribution in [2.24, 2.45) is 11.7 Å². The number of allylic oxidation sites excluding steroid dienone is 2. The Hall–Kier alpha value is -0.720. The summed E-state index contributed by atoms with van der Waals surface area (Å²) < 4.78 is 0. The van der Waals surface area contributed by atoms with Crippen molar-refractivity contribution < 1.29 is 0 Å². The minimum Gasteiger partial charge on any atom is -0.402 e. The van der Waals surface area contributed by atoms with Crippen LogP contribution in [0.4, 0.5) is 0 Å². The molecule has 0 spiro atoms. The average molecular weight is 111 g/mol. The molecule has 0 saturated heterocycles. The summed E-state index contributed by atoms with van der Waals surface area (Å²) in [6.07, 6.45) is 2.72. The number of rotatable bonds is 3. The lowest BCUT2D eigenvalue weighted by molar-refractivity contribution is 0.714. The van der Waals surface area contributed by atoms with E-state index >= 15 is 0 Å². The Kier molecular flexibility index (Phi) is 3.01. The normalized spacial score (nSPS) is 12.6. The Morgan fingerprint density at radius 3 is 2.50 bits per heavy atom. The number of hydrogen-bond donors (Lipinski definition) is 1. The Bertz CT molecular complexity index is 94.6. The van der Waals surface area contributed by atoms with Gasteiger partial charge in [-0.1, -0.05) is 19.6 Å². The second kappa shape index (κ2) is 3.30. The molecular formula is C7H13N. The summed E-state index contributed by atoms with van der Waals surface area (Å²) in [6, 6.07) is 0. The molecule has 0 bridgehead atoms. The zero-order valence-corrected chi connectivity index (χ0v) is 5.35. The van der Waals surface area contributed by atoms with Crippen LogP contribution < -0.4 is 5.73 Å². The molecule has 0 aliphatic rings. The molecule has 0 aromatic rings. The van der Waals surface area contributed by atoms with Gasteiger partial charge in [0.05, 0.1) is 0 Å². The third-order valence-corrected chi connectivity index (χ3v) is 0.987. The molecule has 0 radical (unpaired) electrons. The maximum Gasteiger partial charge on any atom is 0.00132 e. The predicted molar refractivity (Wildman–Crippen MR) is 37.3 cm³/mol. The van der Waals surface area contributed by atoms with E-state index in [-0.39, 0.29) is 0 Å². The fraction of sp³-hybridized carbons (Fsp3) is 0.429. The maximum atomic E-state index is 5.33. The third-order valence-electron chi connectivity index (χ3n) is 0.987. The van der Waals surface area contributed by atoms with E-state index in [1.807, 2.05) is 6.08 Å². The molecule has 1 nitrogen and oxygen atoms in total. The van der Waals surface area contributed by atoms with E-state index in [0.717, 1.165) is 12.1 Å². The summed E-state index contributed by atoms with van der Waals surface area (Å²) >= 11 is 0. The maximum absolute atomic E-state index is 5.33. The van der Waals surface area contributed by atoms with Crippen LogP contribution >= 0.6 is 0 Å². The molecule has 8 heavy (non-hydrogen) atoms. The highest BCUT2D eigenvalue weighted by Gasteiger charge is 1.93. The molecule has 0 fully saturated rings. The fourth-order valence-electron chi connectivity index (χ4n) is 0.497. The van der Waals surface area contributed by atoms with Crippen molar-refractivity contribution in [3.05, 3.63) is 24.9 Å². The van der Waals surface area contributed by atoms with Crippen molar-refractivity contribution in [3.8, 4) is 0 Å². The van der Waals surface area contributed by atoms with Crippen LogP contribution in [0, 0.1) is 5.92 Å². The number of nitrogens with two attached hydrogens (primary N) is 1. The van der Waals surface area contributed by atoms with Gasteiger partial charge >= 0.3 is 0 Å². The zero-order chi connectivity index (χ0) is 6.57. The monoisotopic (exact) mass is 111 g/mol. The molecule has 0 aliphatic heterocycles. The largest absolute Gasteiger partial charge is 0.402 e. The molecule has 0 aromatic heterocycles. The molecule has 1 unspecified atom stereocenters. The molecule has 1 heteroatoms. The van der Waals surface area contributed by atoms with Crippen molar-refractivity contribution in [3.63, 3.8) is 0 Å². The van der Waals surface area contributed by atoms with Gasteiger partial charge in [0.25, 0.3) is 0 Å². The van der Waals surface area contributed by atoms with Gasteiger partial charge in [-0.05, 0) is 12.3 Å². The lowest BCUT2D eigenvalue weighted by atomic mass is 10.1. The fourth-order valence-corrected chi connectivity index (χ4v) is 0.497. The summed E-state index contributed by atoms with van der Waals surface area (Å²) in [7, 11) is 0. The van der Waals surface area contributed by atoms with Gasteiger partial charge < -0.3 is 5.73 Å². The molecule has 0 aliphatic carbocycles. The molecule has 46 valence electrons. The first-order chi connectivity index (χ1) is 3.66. The second-order valence-electron chi connectivity index (χ2n) is 2.08. The summed E-state index contributed by atoms with van der Waals surface area (Å²) in [5.41, 5.74) is 6.06. The molecule has 1 atom stereocenters. The first-order valence-electron chi connectivity index (χ1n) is 2.72. The van der Waals surface area contributed by atoms with E-state index in [1.165, 1.54) is 0 Å². The lowest BCUT2D eigenvalue weighted by Crippen LogP contribution is -1.99. The Labute approximate surface area is 50.9 Å². The van der Waals surface area contributed by atoms with Gasteiger partial charge in [-0.25, -0.2) is 0 Å². The SMILES string of the molecule is C=CC(C)CC(=C)N. The van der Waals surface area contributed by atoms with Crippen molar-refractivity contribution in [1.82, 2.24) is 0 Å². The van der Waals surface area contributed by atoms with Crippen LogP contribution in [0.15, 0.2) is 24.9 Å². The topological polar surface area (TPSA) is 26.0 Å². The minimum absolute atomic E-state index is 0.465. The highest BCUT2D eigenvalue weighted by atomic mass is 14.6. The van der Waals surface area contributed by atoms with Crippen LogP contribution in [-0.4, -0.2) is 0 Å². The van der Waals surface area contributed by atoms with Gasteiger partial charge in [-0.3, -0.25) is 0 Å². The first kappa shape index (κ1) is 7.28. The summed E-state index contributed by atoms with van der Waals surface area (Å²) in [6.45, 7) is 9.25. The van der Waals surface area contributed by atoms with E-state index in [0.29, 0.717) is 5.92 Å². The van der Waals surface area contributed by atoms with Crippen LogP contribution in [0.2, 0.25) is 0 Å².